The second kappa shape index (κ2) is 18.6. The van der Waals surface area contributed by atoms with Crippen LogP contribution in [0.25, 0.3) is 0 Å². The molecule has 0 bridgehead atoms. The molecule has 0 aliphatic carbocycles. The highest BCUT2D eigenvalue weighted by Gasteiger charge is 2.47. The van der Waals surface area contributed by atoms with Crippen molar-refractivity contribution < 1.29 is 38.1 Å². The Labute approximate surface area is 218 Å². The number of rotatable bonds is 21. The largest absolute Gasteiger partial charge is 0.469 e. The van der Waals surface area contributed by atoms with Crippen LogP contribution in [0.4, 0.5) is 4.79 Å². The Bertz CT molecular complexity index is 657. The van der Waals surface area contributed by atoms with Gasteiger partial charge < -0.3 is 39.2 Å². The van der Waals surface area contributed by atoms with Crippen molar-refractivity contribution in [1.29, 1.82) is 0 Å². The van der Waals surface area contributed by atoms with Crippen LogP contribution in [-0.2, 0) is 33.3 Å². The van der Waals surface area contributed by atoms with Crippen LogP contribution in [0, 0.1) is 0 Å². The molecule has 0 spiro atoms. The summed E-state index contributed by atoms with van der Waals surface area (Å²) in [5.41, 5.74) is 0. The fraction of sp³-hybridized carbons (Fsp3) is 0.875. The standard InChI is InChI=1S/C24H43N3O8S/c1-3-27-23-19(26-24(27)30)18-36-20(23)6-4-5-7-21(28)25-9-11-33-13-15-35-17-16-34-14-12-32-10-8-22(29)31-2/h19-20,23H,3-18H2,1-2H3,(H,25,28)(H,26,30). The van der Waals surface area contributed by atoms with Crippen LogP contribution in [-0.4, -0.2) is 119 Å². The molecule has 2 saturated heterocycles. The topological polar surface area (TPSA) is 125 Å². The molecule has 3 amide bonds. The molecule has 0 radical (unpaired) electrons. The van der Waals surface area contributed by atoms with Crippen LogP contribution >= 0.6 is 11.8 Å². The van der Waals surface area contributed by atoms with Crippen molar-refractivity contribution in [3.8, 4) is 0 Å². The molecule has 2 N–H and O–H groups in total. The highest BCUT2D eigenvalue weighted by molar-refractivity contribution is 8.00. The molecule has 3 atom stereocenters. The molecular weight excluding hydrogens is 490 g/mol. The maximum Gasteiger partial charge on any atom is 0.318 e. The van der Waals surface area contributed by atoms with Gasteiger partial charge in [0.25, 0.3) is 0 Å². The Hall–Kier alpha value is -1.60. The minimum absolute atomic E-state index is 0.0473. The van der Waals surface area contributed by atoms with E-state index < -0.39 is 0 Å². The number of carbonyl (C=O) groups is 3. The van der Waals surface area contributed by atoms with E-state index in [1.807, 2.05) is 23.6 Å². The molecule has 0 aromatic carbocycles. The van der Waals surface area contributed by atoms with Gasteiger partial charge in [0.2, 0.25) is 5.91 Å². The molecule has 3 unspecified atom stereocenters. The lowest BCUT2D eigenvalue weighted by Gasteiger charge is -2.26. The average molecular weight is 534 g/mol. The average Bonchev–Trinajstić information content (AvgIpc) is 3.41. The molecule has 36 heavy (non-hydrogen) atoms. The predicted molar refractivity (Wildman–Crippen MR) is 136 cm³/mol. The number of thioether (sulfide) groups is 1. The zero-order valence-corrected chi connectivity index (χ0v) is 22.5. The quantitative estimate of drug-likeness (QED) is 0.127. The molecule has 0 saturated carbocycles. The van der Waals surface area contributed by atoms with Crippen molar-refractivity contribution in [2.24, 2.45) is 0 Å². The summed E-state index contributed by atoms with van der Waals surface area (Å²) in [6, 6.07) is 0.623. The normalized spacial score (nSPS) is 20.9. The molecule has 0 aromatic heterocycles. The lowest BCUT2D eigenvalue weighted by Crippen LogP contribution is -2.40. The zero-order chi connectivity index (χ0) is 26.0. The lowest BCUT2D eigenvalue weighted by atomic mass is 10.0. The summed E-state index contributed by atoms with van der Waals surface area (Å²) in [7, 11) is 1.35. The van der Waals surface area contributed by atoms with Crippen molar-refractivity contribution >= 4 is 29.7 Å². The first kappa shape index (κ1) is 30.6. The minimum Gasteiger partial charge on any atom is -0.469 e. The summed E-state index contributed by atoms with van der Waals surface area (Å²) in [5, 5.41) is 6.43. The number of fused-ring (bicyclic) bond motifs is 1. The predicted octanol–water partition coefficient (Wildman–Crippen LogP) is 1.19. The summed E-state index contributed by atoms with van der Waals surface area (Å²) in [4.78, 5) is 36.9. The zero-order valence-electron chi connectivity index (χ0n) is 21.7. The second-order valence-electron chi connectivity index (χ2n) is 8.58. The van der Waals surface area contributed by atoms with Crippen molar-refractivity contribution in [3.05, 3.63) is 0 Å². The third-order valence-corrected chi connectivity index (χ3v) is 7.55. The third-order valence-electron chi connectivity index (χ3n) is 6.06. The fourth-order valence-electron chi connectivity index (χ4n) is 4.22. The van der Waals surface area contributed by atoms with Crippen molar-refractivity contribution in [1.82, 2.24) is 15.5 Å². The fourth-order valence-corrected chi connectivity index (χ4v) is 5.82. The number of methoxy groups -OCH3 is 1. The van der Waals surface area contributed by atoms with Crippen LogP contribution in [0.15, 0.2) is 0 Å². The second-order valence-corrected chi connectivity index (χ2v) is 9.85. The lowest BCUT2D eigenvalue weighted by molar-refractivity contribution is -0.142. The van der Waals surface area contributed by atoms with E-state index in [-0.39, 0.29) is 30.4 Å². The molecule has 2 fully saturated rings. The number of nitrogens with zero attached hydrogens (tertiary/aromatic N) is 1. The van der Waals surface area contributed by atoms with Crippen molar-refractivity contribution in [3.63, 3.8) is 0 Å². The van der Waals surface area contributed by atoms with E-state index in [1.165, 1.54) is 7.11 Å². The van der Waals surface area contributed by atoms with E-state index in [0.717, 1.165) is 31.6 Å². The van der Waals surface area contributed by atoms with Gasteiger partial charge in [0.1, 0.15) is 0 Å². The van der Waals surface area contributed by atoms with Gasteiger partial charge in [0.05, 0.1) is 78.5 Å². The Kier molecular flexibility index (Phi) is 15.8. The van der Waals surface area contributed by atoms with Crippen molar-refractivity contribution in [2.45, 2.75) is 56.4 Å². The molecule has 2 aliphatic heterocycles. The maximum atomic E-state index is 12.0. The number of esters is 1. The number of likely N-dealkylation sites (N-methyl/N-ethyl adjacent to an activating group) is 1. The first-order valence-electron chi connectivity index (χ1n) is 12.9. The number of carbonyl (C=O) groups excluding carboxylic acids is 3. The van der Waals surface area contributed by atoms with E-state index in [2.05, 4.69) is 15.4 Å². The van der Waals surface area contributed by atoms with Gasteiger partial charge in [-0.15, -0.1) is 0 Å². The summed E-state index contributed by atoms with van der Waals surface area (Å²) in [6.45, 7) is 6.74. The highest BCUT2D eigenvalue weighted by Crippen LogP contribution is 2.37. The SMILES string of the molecule is CCN1C(=O)NC2CSC(CCCCC(=O)NCCOCCOCCOCCOCCC(=O)OC)C21. The molecule has 12 heteroatoms. The maximum absolute atomic E-state index is 12.0. The molecule has 2 rings (SSSR count). The van der Waals surface area contributed by atoms with Gasteiger partial charge in [-0.2, -0.15) is 11.8 Å². The van der Waals surface area contributed by atoms with E-state index in [4.69, 9.17) is 18.9 Å². The number of hydrogen-bond donors (Lipinski definition) is 2. The van der Waals surface area contributed by atoms with Crippen molar-refractivity contribution in [2.75, 3.05) is 78.8 Å². The number of amides is 3. The van der Waals surface area contributed by atoms with Gasteiger partial charge in [-0.05, 0) is 19.8 Å². The summed E-state index contributed by atoms with van der Waals surface area (Å²) in [5.74, 6) is 0.738. The van der Waals surface area contributed by atoms with Crippen LogP contribution in [0.3, 0.4) is 0 Å². The molecule has 11 nitrogen and oxygen atoms in total. The minimum atomic E-state index is -0.289. The number of nitrogens with one attached hydrogen (secondary N) is 2. The van der Waals surface area contributed by atoms with Crippen LogP contribution in [0.1, 0.15) is 39.0 Å². The smallest absolute Gasteiger partial charge is 0.318 e. The number of hydrogen-bond acceptors (Lipinski definition) is 9. The monoisotopic (exact) mass is 533 g/mol. The van der Waals surface area contributed by atoms with E-state index in [1.54, 1.807) is 0 Å². The van der Waals surface area contributed by atoms with Gasteiger partial charge >= 0.3 is 12.0 Å². The first-order valence-corrected chi connectivity index (χ1v) is 13.9. The van der Waals surface area contributed by atoms with Crippen LogP contribution < -0.4 is 10.6 Å². The Balaban J connectivity index is 1.32. The third kappa shape index (κ3) is 11.6. The number of ether oxygens (including phenoxy) is 5. The molecule has 2 heterocycles. The van der Waals surface area contributed by atoms with Gasteiger partial charge in [-0.1, -0.05) is 6.42 Å². The Morgan fingerprint density at radius 1 is 0.972 bits per heavy atom. The van der Waals surface area contributed by atoms with Gasteiger partial charge in [-0.3, -0.25) is 9.59 Å². The Morgan fingerprint density at radius 3 is 2.25 bits per heavy atom. The van der Waals surface area contributed by atoms with Gasteiger partial charge in [-0.25, -0.2) is 4.79 Å². The Morgan fingerprint density at radius 2 is 1.61 bits per heavy atom. The first-order chi connectivity index (χ1) is 17.6. The van der Waals surface area contributed by atoms with E-state index >= 15 is 0 Å². The number of unbranched alkanes of at least 4 members (excludes halogenated alkanes) is 1. The van der Waals surface area contributed by atoms with Crippen LogP contribution in [0.5, 0.6) is 0 Å². The van der Waals surface area contributed by atoms with E-state index in [0.29, 0.717) is 77.1 Å². The summed E-state index contributed by atoms with van der Waals surface area (Å²) < 4.78 is 26.0. The molecular formula is C24H43N3O8S. The van der Waals surface area contributed by atoms with Gasteiger partial charge in [0.15, 0.2) is 0 Å². The molecule has 0 aromatic rings. The van der Waals surface area contributed by atoms with Gasteiger partial charge in [0, 0.05) is 30.5 Å². The molecule has 208 valence electrons. The van der Waals surface area contributed by atoms with Crippen LogP contribution in [0.2, 0.25) is 0 Å². The molecule has 2 aliphatic rings. The summed E-state index contributed by atoms with van der Waals surface area (Å²) in [6.07, 6.45) is 3.62. The van der Waals surface area contributed by atoms with E-state index in [9.17, 15) is 14.4 Å². The highest BCUT2D eigenvalue weighted by atomic mass is 32.2. The number of urea groups is 1. The summed E-state index contributed by atoms with van der Waals surface area (Å²) >= 11 is 1.94.